The predicted molar refractivity (Wildman–Crippen MR) is 119 cm³/mol. The number of pyridine rings is 1. The lowest BCUT2D eigenvalue weighted by Crippen LogP contribution is -2.33. The summed E-state index contributed by atoms with van der Waals surface area (Å²) in [5, 5.41) is 5.61. The number of aromatic nitrogens is 3. The van der Waals surface area contributed by atoms with Crippen LogP contribution < -0.4 is 15.5 Å². The second kappa shape index (κ2) is 9.22. The van der Waals surface area contributed by atoms with Gasteiger partial charge in [-0.15, -0.1) is 0 Å². The molecule has 0 fully saturated rings. The molecule has 2 aromatic heterocycles. The van der Waals surface area contributed by atoms with Crippen molar-refractivity contribution in [3.05, 3.63) is 70.3 Å². The van der Waals surface area contributed by atoms with E-state index in [1.165, 1.54) is 24.7 Å². The zero-order valence-corrected chi connectivity index (χ0v) is 18.3. The fourth-order valence-corrected chi connectivity index (χ4v) is 3.90. The Kier molecular flexibility index (Phi) is 6.37. The number of amides is 1. The highest BCUT2D eigenvalue weighted by atomic mass is 35.5. The number of rotatable bonds is 5. The summed E-state index contributed by atoms with van der Waals surface area (Å²) in [7, 11) is 0. The maximum absolute atomic E-state index is 12.3. The van der Waals surface area contributed by atoms with Gasteiger partial charge in [-0.1, -0.05) is 17.7 Å². The summed E-state index contributed by atoms with van der Waals surface area (Å²) in [6.45, 7) is 1.89. The number of benzene rings is 1. The highest BCUT2D eigenvalue weighted by Gasteiger charge is 2.28. The third kappa shape index (κ3) is 5.51. The summed E-state index contributed by atoms with van der Waals surface area (Å²) >= 11 is 6.43. The third-order valence-corrected chi connectivity index (χ3v) is 5.48. The average molecular weight is 477 g/mol. The molecule has 2 N–H and O–H groups in total. The van der Waals surface area contributed by atoms with E-state index in [1.807, 2.05) is 30.4 Å². The van der Waals surface area contributed by atoms with Crippen molar-refractivity contribution in [3.8, 4) is 0 Å². The van der Waals surface area contributed by atoms with Gasteiger partial charge in [0.05, 0.1) is 28.5 Å². The minimum absolute atomic E-state index is 0.0279. The van der Waals surface area contributed by atoms with Crippen molar-refractivity contribution in [1.29, 1.82) is 0 Å². The Morgan fingerprint density at radius 1 is 1.18 bits per heavy atom. The van der Waals surface area contributed by atoms with Crippen molar-refractivity contribution in [3.63, 3.8) is 0 Å². The van der Waals surface area contributed by atoms with Crippen LogP contribution in [0.5, 0.6) is 0 Å². The quantitative estimate of drug-likeness (QED) is 0.567. The molecule has 1 amide bonds. The normalized spacial score (nSPS) is 13.4. The predicted octanol–water partition coefficient (Wildman–Crippen LogP) is 4.43. The molecule has 11 heteroatoms. The first-order chi connectivity index (χ1) is 15.7. The highest BCUT2D eigenvalue weighted by Crippen LogP contribution is 2.32. The molecule has 33 heavy (non-hydrogen) atoms. The van der Waals surface area contributed by atoms with E-state index >= 15 is 0 Å². The van der Waals surface area contributed by atoms with Crippen molar-refractivity contribution in [2.24, 2.45) is 0 Å². The van der Waals surface area contributed by atoms with Crippen molar-refractivity contribution in [1.82, 2.24) is 20.3 Å². The summed E-state index contributed by atoms with van der Waals surface area (Å²) in [5.41, 5.74) is 3.87. The van der Waals surface area contributed by atoms with E-state index in [0.717, 1.165) is 29.1 Å². The lowest BCUT2D eigenvalue weighted by molar-refractivity contribution is -0.123. The molecule has 7 nitrogen and oxygen atoms in total. The van der Waals surface area contributed by atoms with E-state index in [1.54, 1.807) is 0 Å². The Morgan fingerprint density at radius 2 is 2.00 bits per heavy atom. The number of hydrogen-bond donors (Lipinski definition) is 2. The second-order valence-electron chi connectivity index (χ2n) is 7.63. The van der Waals surface area contributed by atoms with Gasteiger partial charge in [0.25, 0.3) is 5.91 Å². The number of nitrogens with one attached hydrogen (secondary N) is 2. The summed E-state index contributed by atoms with van der Waals surface area (Å²) in [6, 6.07) is 8.86. The topological polar surface area (TPSA) is 83.0 Å². The molecule has 0 saturated carbocycles. The first-order valence-electron chi connectivity index (χ1n) is 10.1. The molecule has 3 heterocycles. The van der Waals surface area contributed by atoms with Gasteiger partial charge in [0.2, 0.25) is 0 Å². The molecule has 0 aliphatic carbocycles. The summed E-state index contributed by atoms with van der Waals surface area (Å²) in [4.78, 5) is 26.9. The van der Waals surface area contributed by atoms with Crippen LogP contribution in [0.2, 0.25) is 5.02 Å². The SMILES string of the molecule is Cc1ccc(N2CCc3c(ncnc3Nc3ccc(C(=O)NCC(F)(F)F)cn3)C2)c(Cl)c1. The Hall–Kier alpha value is -3.40. The van der Waals surface area contributed by atoms with Gasteiger partial charge in [0.1, 0.15) is 24.5 Å². The number of anilines is 3. The molecule has 172 valence electrons. The van der Waals surface area contributed by atoms with Crippen LogP contribution in [0.4, 0.5) is 30.5 Å². The number of carbonyl (C=O) groups excluding carboxylic acids is 1. The molecule has 0 radical (unpaired) electrons. The van der Waals surface area contributed by atoms with Gasteiger partial charge < -0.3 is 15.5 Å². The first-order valence-corrected chi connectivity index (χ1v) is 10.5. The van der Waals surface area contributed by atoms with E-state index in [0.29, 0.717) is 29.6 Å². The number of halogens is 4. The highest BCUT2D eigenvalue weighted by molar-refractivity contribution is 6.33. The number of carbonyl (C=O) groups is 1. The van der Waals surface area contributed by atoms with Crippen LogP contribution in [-0.2, 0) is 13.0 Å². The van der Waals surface area contributed by atoms with Gasteiger partial charge in [-0.05, 0) is 43.2 Å². The molecule has 0 atom stereocenters. The van der Waals surface area contributed by atoms with Crippen LogP contribution in [0.3, 0.4) is 0 Å². The van der Waals surface area contributed by atoms with E-state index in [2.05, 4.69) is 25.2 Å². The van der Waals surface area contributed by atoms with Crippen LogP contribution >= 0.6 is 11.6 Å². The number of hydrogen-bond acceptors (Lipinski definition) is 6. The lowest BCUT2D eigenvalue weighted by atomic mass is 10.0. The standard InChI is InChI=1S/C22H20ClF3N6O/c1-13-2-4-18(16(23)8-13)32-7-6-15-17(10-32)29-12-30-20(15)31-19-5-3-14(9-27-19)21(33)28-11-22(24,25)26/h2-5,8-9,12H,6-7,10-11H2,1H3,(H,28,33)(H,27,29,30,31). The van der Waals surface area contributed by atoms with Crippen LogP contribution in [-0.4, -0.2) is 40.1 Å². The van der Waals surface area contributed by atoms with Crippen LogP contribution in [0, 0.1) is 6.92 Å². The van der Waals surface area contributed by atoms with Crippen molar-refractivity contribution in [2.75, 3.05) is 23.3 Å². The molecular weight excluding hydrogens is 457 g/mol. The Morgan fingerprint density at radius 3 is 2.70 bits per heavy atom. The molecule has 1 aliphatic rings. The van der Waals surface area contributed by atoms with Gasteiger partial charge in [-0.3, -0.25) is 4.79 Å². The minimum Gasteiger partial charge on any atom is -0.364 e. The lowest BCUT2D eigenvalue weighted by Gasteiger charge is -2.31. The summed E-state index contributed by atoms with van der Waals surface area (Å²) in [6.07, 6.45) is -1.12. The number of aryl methyl sites for hydroxylation is 1. The monoisotopic (exact) mass is 476 g/mol. The molecule has 0 spiro atoms. The van der Waals surface area contributed by atoms with E-state index in [9.17, 15) is 18.0 Å². The largest absolute Gasteiger partial charge is 0.405 e. The van der Waals surface area contributed by atoms with Crippen molar-refractivity contribution < 1.29 is 18.0 Å². The average Bonchev–Trinajstić information content (AvgIpc) is 2.77. The number of alkyl halides is 3. The zero-order chi connectivity index (χ0) is 23.6. The van der Waals surface area contributed by atoms with Crippen molar-refractivity contribution in [2.45, 2.75) is 26.1 Å². The van der Waals surface area contributed by atoms with Gasteiger partial charge in [-0.2, -0.15) is 13.2 Å². The van der Waals surface area contributed by atoms with Gasteiger partial charge in [0, 0.05) is 18.3 Å². The molecule has 0 saturated heterocycles. The molecule has 1 aliphatic heterocycles. The van der Waals surface area contributed by atoms with Crippen LogP contribution in [0.25, 0.3) is 0 Å². The van der Waals surface area contributed by atoms with Crippen LogP contribution in [0.15, 0.2) is 42.9 Å². The molecule has 4 rings (SSSR count). The maximum atomic E-state index is 12.3. The zero-order valence-electron chi connectivity index (χ0n) is 17.6. The smallest absolute Gasteiger partial charge is 0.364 e. The van der Waals surface area contributed by atoms with Crippen molar-refractivity contribution >= 4 is 34.8 Å². The first kappa shape index (κ1) is 22.8. The van der Waals surface area contributed by atoms with E-state index in [-0.39, 0.29) is 5.56 Å². The van der Waals surface area contributed by atoms with Gasteiger partial charge in [-0.25, -0.2) is 15.0 Å². The minimum atomic E-state index is -4.48. The Balaban J connectivity index is 1.46. The molecular formula is C22H20ClF3N6O. The summed E-state index contributed by atoms with van der Waals surface area (Å²) < 4.78 is 36.8. The maximum Gasteiger partial charge on any atom is 0.405 e. The number of fused-ring (bicyclic) bond motifs is 1. The number of nitrogens with zero attached hydrogens (tertiary/aromatic N) is 4. The fourth-order valence-electron chi connectivity index (χ4n) is 3.54. The summed E-state index contributed by atoms with van der Waals surface area (Å²) in [5.74, 6) is 0.157. The van der Waals surface area contributed by atoms with Gasteiger partial charge >= 0.3 is 6.18 Å². The molecule has 0 unspecified atom stereocenters. The second-order valence-corrected chi connectivity index (χ2v) is 8.04. The van der Waals surface area contributed by atoms with E-state index in [4.69, 9.17) is 11.6 Å². The Bertz CT molecular complexity index is 1170. The fraction of sp³-hybridized carbons (Fsp3) is 0.273. The van der Waals surface area contributed by atoms with Crippen LogP contribution in [0.1, 0.15) is 27.2 Å². The Labute approximate surface area is 193 Å². The van der Waals surface area contributed by atoms with Gasteiger partial charge in [0.15, 0.2) is 0 Å². The third-order valence-electron chi connectivity index (χ3n) is 5.17. The van der Waals surface area contributed by atoms with E-state index < -0.39 is 18.6 Å². The molecule has 1 aromatic carbocycles. The molecule has 0 bridgehead atoms. The molecule has 3 aromatic rings.